The fourth-order valence-corrected chi connectivity index (χ4v) is 2.00. The van der Waals surface area contributed by atoms with Crippen molar-refractivity contribution in [1.29, 1.82) is 0 Å². The van der Waals surface area contributed by atoms with E-state index >= 15 is 0 Å². The zero-order chi connectivity index (χ0) is 11.9. The Bertz CT molecular complexity index is 468. The van der Waals surface area contributed by atoms with Crippen molar-refractivity contribution in [2.24, 2.45) is 0 Å². The number of likely N-dealkylation sites (N-methyl/N-ethyl adjacent to an activating group) is 1. The molecule has 1 atom stereocenters. The van der Waals surface area contributed by atoms with Crippen molar-refractivity contribution >= 4 is 17.5 Å². The molecule has 1 aromatic carbocycles. The smallest absolute Gasteiger partial charge is 0.254 e. The summed E-state index contributed by atoms with van der Waals surface area (Å²) < 4.78 is 0. The van der Waals surface area contributed by atoms with E-state index in [4.69, 9.17) is 0 Å². The molecule has 1 aliphatic heterocycles. The van der Waals surface area contributed by atoms with Crippen LogP contribution in [0.2, 0.25) is 0 Å². The highest BCUT2D eigenvalue weighted by atomic mass is 16.2. The van der Waals surface area contributed by atoms with Gasteiger partial charge in [-0.05, 0) is 13.0 Å². The largest absolute Gasteiger partial charge is 0.341 e. The molecule has 1 N–H and O–H groups in total. The number of hydrogen-bond donors (Lipinski definition) is 1. The van der Waals surface area contributed by atoms with Gasteiger partial charge in [-0.3, -0.25) is 9.59 Å². The number of anilines is 1. The highest BCUT2D eigenvalue weighted by Gasteiger charge is 2.35. The number of carbonyl (C=O) groups is 2. The number of nitrogens with zero attached hydrogens (tertiary/aromatic N) is 1. The molecule has 84 valence electrons. The second-order valence-electron chi connectivity index (χ2n) is 4.09. The lowest BCUT2D eigenvalue weighted by atomic mass is 10.1. The van der Waals surface area contributed by atoms with Gasteiger partial charge in [-0.15, -0.1) is 0 Å². The average molecular weight is 218 g/mol. The van der Waals surface area contributed by atoms with Crippen LogP contribution in [0.3, 0.4) is 0 Å². The maximum absolute atomic E-state index is 11.9. The second-order valence-corrected chi connectivity index (χ2v) is 4.09. The lowest BCUT2D eigenvalue weighted by molar-refractivity contribution is -0.125. The average Bonchev–Trinajstić information content (AvgIpc) is 2.43. The van der Waals surface area contributed by atoms with Crippen LogP contribution in [0.5, 0.6) is 0 Å². The molecule has 2 rings (SSSR count). The Morgan fingerprint density at radius 3 is 2.75 bits per heavy atom. The minimum Gasteiger partial charge on any atom is -0.341 e. The van der Waals surface area contributed by atoms with Gasteiger partial charge in [-0.2, -0.15) is 0 Å². The van der Waals surface area contributed by atoms with Crippen LogP contribution >= 0.6 is 0 Å². The van der Waals surface area contributed by atoms with E-state index in [1.807, 2.05) is 25.1 Å². The molecule has 0 bridgehead atoms. The number of amides is 2. The minimum absolute atomic E-state index is 0.0872. The van der Waals surface area contributed by atoms with Crippen LogP contribution in [0.1, 0.15) is 24.1 Å². The molecule has 4 nitrogen and oxygen atoms in total. The van der Waals surface area contributed by atoms with Crippen molar-refractivity contribution in [3.63, 3.8) is 0 Å². The summed E-state index contributed by atoms with van der Waals surface area (Å²) in [5, 5.41) is 2.68. The summed E-state index contributed by atoms with van der Waals surface area (Å²) in [7, 11) is 1.72. The topological polar surface area (TPSA) is 49.4 Å². The van der Waals surface area contributed by atoms with Gasteiger partial charge < -0.3 is 10.2 Å². The quantitative estimate of drug-likeness (QED) is 0.768. The van der Waals surface area contributed by atoms with Crippen LogP contribution in [0, 0.1) is 6.92 Å². The standard InChI is InChI=1S/C12H14N2O2/c1-7-4-5-10-9(6-7)11(13-8(2)15)12(16)14(10)3/h4-6,11H,1-3H3,(H,13,15)/t11-/m0/s1. The molecule has 16 heavy (non-hydrogen) atoms. The number of nitrogens with one attached hydrogen (secondary N) is 1. The van der Waals surface area contributed by atoms with Gasteiger partial charge in [0, 0.05) is 25.2 Å². The number of carbonyl (C=O) groups excluding carboxylic acids is 2. The molecule has 0 spiro atoms. The summed E-state index contributed by atoms with van der Waals surface area (Å²) in [5.41, 5.74) is 2.83. The summed E-state index contributed by atoms with van der Waals surface area (Å²) in [5.74, 6) is -0.281. The van der Waals surface area contributed by atoms with Gasteiger partial charge in [0.25, 0.3) is 5.91 Å². The number of fused-ring (bicyclic) bond motifs is 1. The molecule has 0 saturated carbocycles. The lowest BCUT2D eigenvalue weighted by Gasteiger charge is -2.11. The summed E-state index contributed by atoms with van der Waals surface area (Å²) in [6, 6.07) is 5.28. The molecule has 0 fully saturated rings. The second kappa shape index (κ2) is 3.63. The molecule has 1 heterocycles. The van der Waals surface area contributed by atoms with Gasteiger partial charge >= 0.3 is 0 Å². The summed E-state index contributed by atoms with van der Waals surface area (Å²) in [6.07, 6.45) is 0. The van der Waals surface area contributed by atoms with Crippen LogP contribution in [0.4, 0.5) is 5.69 Å². The summed E-state index contributed by atoms with van der Waals surface area (Å²) in [6.45, 7) is 3.38. The molecule has 4 heteroatoms. The van der Waals surface area contributed by atoms with Gasteiger partial charge in [0.05, 0.1) is 0 Å². The molecule has 2 amide bonds. The van der Waals surface area contributed by atoms with Gasteiger partial charge in [0.2, 0.25) is 5.91 Å². The molecular weight excluding hydrogens is 204 g/mol. The number of rotatable bonds is 1. The number of hydrogen-bond acceptors (Lipinski definition) is 2. The van der Waals surface area contributed by atoms with Gasteiger partial charge in [-0.1, -0.05) is 17.7 Å². The van der Waals surface area contributed by atoms with E-state index in [0.29, 0.717) is 0 Å². The maximum Gasteiger partial charge on any atom is 0.254 e. The highest BCUT2D eigenvalue weighted by molar-refractivity contribution is 6.05. The van der Waals surface area contributed by atoms with Crippen molar-refractivity contribution in [3.05, 3.63) is 29.3 Å². The fraction of sp³-hybridized carbons (Fsp3) is 0.333. The van der Waals surface area contributed by atoms with E-state index in [2.05, 4.69) is 5.32 Å². The fourth-order valence-electron chi connectivity index (χ4n) is 2.00. The van der Waals surface area contributed by atoms with E-state index < -0.39 is 6.04 Å². The predicted octanol–water partition coefficient (Wildman–Crippen LogP) is 1.15. The Hall–Kier alpha value is -1.84. The first-order chi connectivity index (χ1) is 7.50. The Labute approximate surface area is 94.2 Å². The lowest BCUT2D eigenvalue weighted by Crippen LogP contribution is -2.34. The van der Waals surface area contributed by atoms with Gasteiger partial charge in [-0.25, -0.2) is 0 Å². The minimum atomic E-state index is -0.530. The molecule has 0 aromatic heterocycles. The van der Waals surface area contributed by atoms with Crippen molar-refractivity contribution in [1.82, 2.24) is 5.32 Å². The number of aryl methyl sites for hydroxylation is 1. The van der Waals surface area contributed by atoms with E-state index in [1.54, 1.807) is 11.9 Å². The summed E-state index contributed by atoms with van der Waals surface area (Å²) >= 11 is 0. The SMILES string of the molecule is CC(=O)N[C@@H]1C(=O)N(C)c2ccc(C)cc21. The van der Waals surface area contributed by atoms with Crippen molar-refractivity contribution in [2.75, 3.05) is 11.9 Å². The third-order valence-electron chi connectivity index (χ3n) is 2.78. The van der Waals surface area contributed by atoms with Gasteiger partial charge in [0.15, 0.2) is 0 Å². The molecule has 0 unspecified atom stereocenters. The predicted molar refractivity (Wildman–Crippen MR) is 61.1 cm³/mol. The monoisotopic (exact) mass is 218 g/mol. The Balaban J connectivity index is 2.47. The zero-order valence-corrected chi connectivity index (χ0v) is 9.57. The zero-order valence-electron chi connectivity index (χ0n) is 9.57. The van der Waals surface area contributed by atoms with Gasteiger partial charge in [0.1, 0.15) is 6.04 Å². The highest BCUT2D eigenvalue weighted by Crippen LogP contribution is 2.35. The molecule has 1 aromatic rings. The number of benzene rings is 1. The molecule has 0 aliphatic carbocycles. The first-order valence-electron chi connectivity index (χ1n) is 5.16. The van der Waals surface area contributed by atoms with Crippen LogP contribution < -0.4 is 10.2 Å². The van der Waals surface area contributed by atoms with E-state index in [9.17, 15) is 9.59 Å². The Morgan fingerprint density at radius 2 is 2.12 bits per heavy atom. The van der Waals surface area contributed by atoms with E-state index in [1.165, 1.54) is 6.92 Å². The van der Waals surface area contributed by atoms with E-state index in [0.717, 1.165) is 16.8 Å². The van der Waals surface area contributed by atoms with Crippen LogP contribution in [0.25, 0.3) is 0 Å². The van der Waals surface area contributed by atoms with Crippen LogP contribution in [-0.2, 0) is 9.59 Å². The van der Waals surface area contributed by atoms with Crippen molar-refractivity contribution in [3.8, 4) is 0 Å². The first-order valence-corrected chi connectivity index (χ1v) is 5.16. The summed E-state index contributed by atoms with van der Waals surface area (Å²) in [4.78, 5) is 24.6. The van der Waals surface area contributed by atoms with Crippen molar-refractivity contribution < 1.29 is 9.59 Å². The molecule has 0 saturated heterocycles. The Kier molecular flexibility index (Phi) is 2.42. The maximum atomic E-state index is 11.9. The third kappa shape index (κ3) is 1.56. The van der Waals surface area contributed by atoms with Crippen LogP contribution in [-0.4, -0.2) is 18.9 Å². The first kappa shape index (κ1) is 10.7. The molecule has 1 aliphatic rings. The molecule has 0 radical (unpaired) electrons. The third-order valence-corrected chi connectivity index (χ3v) is 2.78. The van der Waals surface area contributed by atoms with Crippen molar-refractivity contribution in [2.45, 2.75) is 19.9 Å². The normalized spacial score (nSPS) is 18.6. The Morgan fingerprint density at radius 1 is 1.44 bits per heavy atom. The van der Waals surface area contributed by atoms with Crippen LogP contribution in [0.15, 0.2) is 18.2 Å². The van der Waals surface area contributed by atoms with E-state index in [-0.39, 0.29) is 11.8 Å². The molecular formula is C12H14N2O2.